The van der Waals surface area contributed by atoms with E-state index in [1.807, 2.05) is 13.1 Å². The molecule has 4 heteroatoms. The summed E-state index contributed by atoms with van der Waals surface area (Å²) < 4.78 is 0. The summed E-state index contributed by atoms with van der Waals surface area (Å²) in [7, 11) is 0. The molecule has 0 aliphatic rings. The van der Waals surface area contributed by atoms with Gasteiger partial charge >= 0.3 is 0 Å². The van der Waals surface area contributed by atoms with E-state index in [1.54, 1.807) is 0 Å². The van der Waals surface area contributed by atoms with Gasteiger partial charge in [0, 0.05) is 24.8 Å². The molecule has 102 valence electrons. The molecule has 0 aliphatic carbocycles. The van der Waals surface area contributed by atoms with Crippen LogP contribution in [0.1, 0.15) is 39.1 Å². The number of hydrogen-bond donors (Lipinski definition) is 0. The smallest absolute Gasteiger partial charge is 0.136 e. The molecule has 0 aromatic carbocycles. The Labute approximate surface area is 116 Å². The van der Waals surface area contributed by atoms with Crippen molar-refractivity contribution in [3.8, 4) is 0 Å². The number of halogens is 1. The van der Waals surface area contributed by atoms with Crippen LogP contribution >= 0.6 is 11.6 Å². The first kappa shape index (κ1) is 15.2. The van der Waals surface area contributed by atoms with Gasteiger partial charge in [-0.05, 0) is 18.8 Å². The van der Waals surface area contributed by atoms with Gasteiger partial charge in [0.25, 0.3) is 0 Å². The molecular weight excluding hydrogens is 246 g/mol. The molecule has 18 heavy (non-hydrogen) atoms. The minimum absolute atomic E-state index is 0.461. The van der Waals surface area contributed by atoms with Crippen molar-refractivity contribution >= 4 is 17.4 Å². The SMILES string of the molecule is Cc1ncc(CCl)c(N(CC(C)C)CC(C)C)n1. The van der Waals surface area contributed by atoms with E-state index in [0.717, 1.165) is 30.3 Å². The average Bonchev–Trinajstić information content (AvgIpc) is 2.26. The fourth-order valence-electron chi connectivity index (χ4n) is 1.98. The number of aryl methyl sites for hydroxylation is 1. The summed E-state index contributed by atoms with van der Waals surface area (Å²) in [6.07, 6.45) is 1.85. The van der Waals surface area contributed by atoms with Crippen LogP contribution in [-0.2, 0) is 5.88 Å². The molecule has 0 unspecified atom stereocenters. The summed E-state index contributed by atoms with van der Waals surface area (Å²) in [5.41, 5.74) is 1.02. The lowest BCUT2D eigenvalue weighted by Gasteiger charge is -2.29. The number of nitrogens with zero attached hydrogens (tertiary/aromatic N) is 3. The maximum Gasteiger partial charge on any atom is 0.136 e. The molecule has 1 aromatic rings. The van der Waals surface area contributed by atoms with Crippen LogP contribution in [0.3, 0.4) is 0 Å². The van der Waals surface area contributed by atoms with Crippen molar-refractivity contribution in [2.45, 2.75) is 40.5 Å². The van der Waals surface area contributed by atoms with Crippen molar-refractivity contribution in [1.82, 2.24) is 9.97 Å². The van der Waals surface area contributed by atoms with Gasteiger partial charge in [-0.3, -0.25) is 0 Å². The van der Waals surface area contributed by atoms with Crippen LogP contribution in [0.5, 0.6) is 0 Å². The van der Waals surface area contributed by atoms with Gasteiger partial charge in [0.05, 0.1) is 5.88 Å². The molecule has 0 saturated carbocycles. The summed E-state index contributed by atoms with van der Waals surface area (Å²) in [5.74, 6) is 3.46. The van der Waals surface area contributed by atoms with Crippen molar-refractivity contribution in [3.05, 3.63) is 17.6 Å². The van der Waals surface area contributed by atoms with E-state index < -0.39 is 0 Å². The first-order valence-corrected chi connectivity index (χ1v) is 7.10. The second-order valence-electron chi connectivity index (χ2n) is 5.59. The van der Waals surface area contributed by atoms with Crippen molar-refractivity contribution in [1.29, 1.82) is 0 Å². The number of anilines is 1. The monoisotopic (exact) mass is 269 g/mol. The van der Waals surface area contributed by atoms with Crippen molar-refractivity contribution in [2.75, 3.05) is 18.0 Å². The molecule has 1 heterocycles. The minimum Gasteiger partial charge on any atom is -0.356 e. The quantitative estimate of drug-likeness (QED) is 0.739. The molecule has 0 fully saturated rings. The first-order chi connectivity index (χ1) is 8.43. The van der Waals surface area contributed by atoms with Gasteiger partial charge in [0.15, 0.2) is 0 Å². The summed E-state index contributed by atoms with van der Waals surface area (Å²) in [5, 5.41) is 0. The molecule has 1 aromatic heterocycles. The van der Waals surface area contributed by atoms with Crippen LogP contribution in [0.4, 0.5) is 5.82 Å². The predicted molar refractivity (Wildman–Crippen MR) is 78.2 cm³/mol. The largest absolute Gasteiger partial charge is 0.356 e. The second kappa shape index (κ2) is 6.93. The van der Waals surface area contributed by atoms with Crippen LogP contribution < -0.4 is 4.90 Å². The van der Waals surface area contributed by atoms with E-state index >= 15 is 0 Å². The van der Waals surface area contributed by atoms with Gasteiger partial charge in [-0.25, -0.2) is 9.97 Å². The molecular formula is C14H24ClN3. The highest BCUT2D eigenvalue weighted by atomic mass is 35.5. The summed E-state index contributed by atoms with van der Waals surface area (Å²) in [6.45, 7) is 12.8. The van der Waals surface area contributed by atoms with Gasteiger partial charge in [-0.15, -0.1) is 11.6 Å². The third kappa shape index (κ3) is 4.45. The lowest BCUT2D eigenvalue weighted by molar-refractivity contribution is 0.547. The number of alkyl halides is 1. The van der Waals surface area contributed by atoms with Crippen LogP contribution in [0.25, 0.3) is 0 Å². The van der Waals surface area contributed by atoms with Crippen LogP contribution in [-0.4, -0.2) is 23.1 Å². The van der Waals surface area contributed by atoms with E-state index in [4.69, 9.17) is 11.6 Å². The maximum absolute atomic E-state index is 5.99. The summed E-state index contributed by atoms with van der Waals surface area (Å²) in [4.78, 5) is 11.1. The summed E-state index contributed by atoms with van der Waals surface area (Å²) in [6, 6.07) is 0. The van der Waals surface area contributed by atoms with Crippen molar-refractivity contribution < 1.29 is 0 Å². The van der Waals surface area contributed by atoms with Crippen LogP contribution in [0.2, 0.25) is 0 Å². The molecule has 0 aliphatic heterocycles. The van der Waals surface area contributed by atoms with E-state index in [9.17, 15) is 0 Å². The number of aromatic nitrogens is 2. The topological polar surface area (TPSA) is 29.0 Å². The molecule has 0 N–H and O–H groups in total. The van der Waals surface area contributed by atoms with E-state index in [0.29, 0.717) is 17.7 Å². The fourth-order valence-corrected chi connectivity index (χ4v) is 2.17. The Morgan fingerprint density at radius 1 is 1.17 bits per heavy atom. The van der Waals surface area contributed by atoms with Gasteiger partial charge in [-0.1, -0.05) is 27.7 Å². The molecule has 1 rings (SSSR count). The van der Waals surface area contributed by atoms with Gasteiger partial charge < -0.3 is 4.90 Å². The van der Waals surface area contributed by atoms with E-state index in [-0.39, 0.29) is 0 Å². The number of hydrogen-bond acceptors (Lipinski definition) is 3. The standard InChI is InChI=1S/C14H24ClN3/c1-10(2)8-18(9-11(3)4)14-13(6-15)7-16-12(5)17-14/h7,10-11H,6,8-9H2,1-5H3. The third-order valence-electron chi connectivity index (χ3n) is 2.58. The third-order valence-corrected chi connectivity index (χ3v) is 2.86. The minimum atomic E-state index is 0.461. The second-order valence-corrected chi connectivity index (χ2v) is 5.86. The Bertz CT molecular complexity index is 367. The Morgan fingerprint density at radius 3 is 2.17 bits per heavy atom. The average molecular weight is 270 g/mol. The Balaban J connectivity index is 3.05. The van der Waals surface area contributed by atoms with Gasteiger partial charge in [-0.2, -0.15) is 0 Å². The molecule has 0 atom stereocenters. The Morgan fingerprint density at radius 2 is 1.72 bits per heavy atom. The van der Waals surface area contributed by atoms with E-state index in [2.05, 4.69) is 42.6 Å². The van der Waals surface area contributed by atoms with Crippen LogP contribution in [0, 0.1) is 18.8 Å². The Hall–Kier alpha value is -0.830. The van der Waals surface area contributed by atoms with Gasteiger partial charge in [0.1, 0.15) is 11.6 Å². The van der Waals surface area contributed by atoms with Crippen LogP contribution in [0.15, 0.2) is 6.20 Å². The lowest BCUT2D eigenvalue weighted by atomic mass is 10.1. The highest BCUT2D eigenvalue weighted by Gasteiger charge is 2.16. The number of rotatable bonds is 6. The molecule has 0 spiro atoms. The lowest BCUT2D eigenvalue weighted by Crippen LogP contribution is -2.33. The zero-order valence-corrected chi connectivity index (χ0v) is 12.8. The summed E-state index contributed by atoms with van der Waals surface area (Å²) >= 11 is 5.99. The van der Waals surface area contributed by atoms with Crippen molar-refractivity contribution in [3.63, 3.8) is 0 Å². The van der Waals surface area contributed by atoms with Crippen molar-refractivity contribution in [2.24, 2.45) is 11.8 Å². The van der Waals surface area contributed by atoms with E-state index in [1.165, 1.54) is 0 Å². The highest BCUT2D eigenvalue weighted by Crippen LogP contribution is 2.21. The zero-order chi connectivity index (χ0) is 13.7. The predicted octanol–water partition coefficient (Wildman–Crippen LogP) is 3.64. The maximum atomic E-state index is 5.99. The first-order valence-electron chi connectivity index (χ1n) is 6.57. The fraction of sp³-hybridized carbons (Fsp3) is 0.714. The zero-order valence-electron chi connectivity index (χ0n) is 12.1. The normalized spacial score (nSPS) is 11.3. The van der Waals surface area contributed by atoms with Gasteiger partial charge in [0.2, 0.25) is 0 Å². The molecule has 0 bridgehead atoms. The highest BCUT2D eigenvalue weighted by molar-refractivity contribution is 6.17. The molecule has 0 radical (unpaired) electrons. The Kier molecular flexibility index (Phi) is 5.86. The molecule has 0 saturated heterocycles. The molecule has 3 nitrogen and oxygen atoms in total. The molecule has 0 amide bonds.